The van der Waals surface area contributed by atoms with Gasteiger partial charge in [0.05, 0.1) is 12.2 Å². The maximum Gasteiger partial charge on any atom is 0.240 e. The molecule has 0 saturated carbocycles. The number of aromatic nitrogens is 3. The first-order valence-electron chi connectivity index (χ1n) is 8.06. The third-order valence-corrected chi connectivity index (χ3v) is 4.71. The van der Waals surface area contributed by atoms with Gasteiger partial charge in [-0.15, -0.1) is 0 Å². The monoisotopic (exact) mass is 308 g/mol. The van der Waals surface area contributed by atoms with Gasteiger partial charge in [0.2, 0.25) is 5.91 Å². The Balaban J connectivity index is 1.51. The van der Waals surface area contributed by atoms with Crippen molar-refractivity contribution in [1.29, 1.82) is 0 Å². The SMILES string of the molecule is Cn1ncc2c1CCC[C@@H]2NC(=O)Cn1ccc2ccccc21. The molecule has 1 aromatic carbocycles. The number of hydrogen-bond acceptors (Lipinski definition) is 2. The average Bonchev–Trinajstić information content (AvgIpc) is 3.13. The van der Waals surface area contributed by atoms with E-state index < -0.39 is 0 Å². The lowest BCUT2D eigenvalue weighted by molar-refractivity contribution is -0.122. The van der Waals surface area contributed by atoms with E-state index in [0.29, 0.717) is 6.54 Å². The van der Waals surface area contributed by atoms with Gasteiger partial charge >= 0.3 is 0 Å². The second-order valence-corrected chi connectivity index (χ2v) is 6.18. The second-order valence-electron chi connectivity index (χ2n) is 6.18. The number of carbonyl (C=O) groups is 1. The topological polar surface area (TPSA) is 51.9 Å². The van der Waals surface area contributed by atoms with E-state index in [1.54, 1.807) is 0 Å². The summed E-state index contributed by atoms with van der Waals surface area (Å²) in [4.78, 5) is 12.5. The van der Waals surface area contributed by atoms with Crippen LogP contribution in [0.4, 0.5) is 0 Å². The van der Waals surface area contributed by atoms with Crippen molar-refractivity contribution in [1.82, 2.24) is 19.7 Å². The van der Waals surface area contributed by atoms with Crippen LogP contribution in [0, 0.1) is 0 Å². The lowest BCUT2D eigenvalue weighted by Gasteiger charge is -2.24. The van der Waals surface area contributed by atoms with Gasteiger partial charge in [-0.2, -0.15) is 5.10 Å². The van der Waals surface area contributed by atoms with E-state index in [1.807, 2.05) is 53.0 Å². The van der Waals surface area contributed by atoms with Gasteiger partial charge in [0.1, 0.15) is 6.54 Å². The molecule has 0 bridgehead atoms. The number of nitrogens with one attached hydrogen (secondary N) is 1. The summed E-state index contributed by atoms with van der Waals surface area (Å²) < 4.78 is 3.92. The zero-order valence-corrected chi connectivity index (χ0v) is 13.2. The molecule has 1 N–H and O–H groups in total. The van der Waals surface area contributed by atoms with Gasteiger partial charge in [-0.1, -0.05) is 18.2 Å². The number of fused-ring (bicyclic) bond motifs is 2. The predicted octanol–water partition coefficient (Wildman–Crippen LogP) is 2.57. The molecule has 0 radical (unpaired) electrons. The third kappa shape index (κ3) is 2.52. The Hall–Kier alpha value is -2.56. The highest BCUT2D eigenvalue weighted by Crippen LogP contribution is 2.29. The molecule has 0 spiro atoms. The summed E-state index contributed by atoms with van der Waals surface area (Å²) in [5.41, 5.74) is 3.51. The van der Waals surface area contributed by atoms with Crippen molar-refractivity contribution in [2.75, 3.05) is 0 Å². The fourth-order valence-electron chi connectivity index (χ4n) is 3.53. The van der Waals surface area contributed by atoms with Gasteiger partial charge < -0.3 is 9.88 Å². The molecule has 2 aromatic heterocycles. The number of carbonyl (C=O) groups excluding carboxylic acids is 1. The molecule has 118 valence electrons. The Labute approximate surface area is 134 Å². The number of rotatable bonds is 3. The summed E-state index contributed by atoms with van der Waals surface area (Å²) in [5.74, 6) is 0.0491. The van der Waals surface area contributed by atoms with E-state index in [9.17, 15) is 4.79 Å². The minimum Gasteiger partial charge on any atom is -0.348 e. The lowest BCUT2D eigenvalue weighted by Crippen LogP contribution is -2.33. The fraction of sp³-hybridized carbons (Fsp3) is 0.333. The largest absolute Gasteiger partial charge is 0.348 e. The Morgan fingerprint density at radius 1 is 1.35 bits per heavy atom. The van der Waals surface area contributed by atoms with Crippen molar-refractivity contribution >= 4 is 16.8 Å². The van der Waals surface area contributed by atoms with Gasteiger partial charge in [0, 0.05) is 30.0 Å². The quantitative estimate of drug-likeness (QED) is 0.808. The van der Waals surface area contributed by atoms with Gasteiger partial charge in [-0.25, -0.2) is 0 Å². The molecule has 2 heterocycles. The highest BCUT2D eigenvalue weighted by molar-refractivity contribution is 5.83. The van der Waals surface area contributed by atoms with Crippen molar-refractivity contribution in [3.8, 4) is 0 Å². The zero-order chi connectivity index (χ0) is 15.8. The maximum atomic E-state index is 12.5. The number of hydrogen-bond donors (Lipinski definition) is 1. The van der Waals surface area contributed by atoms with Crippen LogP contribution in [-0.4, -0.2) is 20.3 Å². The summed E-state index contributed by atoms with van der Waals surface area (Å²) in [6.07, 6.45) is 6.98. The van der Waals surface area contributed by atoms with Crippen LogP contribution in [0.15, 0.2) is 42.7 Å². The van der Waals surface area contributed by atoms with Gasteiger partial charge in [0.15, 0.2) is 0 Å². The van der Waals surface area contributed by atoms with E-state index in [4.69, 9.17) is 0 Å². The Morgan fingerprint density at radius 2 is 2.22 bits per heavy atom. The van der Waals surface area contributed by atoms with Gasteiger partial charge in [0.25, 0.3) is 0 Å². The van der Waals surface area contributed by atoms with Crippen molar-refractivity contribution in [2.24, 2.45) is 7.05 Å². The second kappa shape index (κ2) is 5.57. The molecule has 3 aromatic rings. The summed E-state index contributed by atoms with van der Waals surface area (Å²) >= 11 is 0. The molecule has 0 unspecified atom stereocenters. The fourth-order valence-corrected chi connectivity index (χ4v) is 3.53. The molecule has 5 heteroatoms. The summed E-state index contributed by atoms with van der Waals surface area (Å²) in [6, 6.07) is 10.2. The lowest BCUT2D eigenvalue weighted by atomic mass is 9.93. The van der Waals surface area contributed by atoms with Crippen molar-refractivity contribution < 1.29 is 4.79 Å². The molecule has 23 heavy (non-hydrogen) atoms. The van der Waals surface area contributed by atoms with Crippen LogP contribution in [-0.2, 0) is 24.8 Å². The van der Waals surface area contributed by atoms with Crippen LogP contribution >= 0.6 is 0 Å². The van der Waals surface area contributed by atoms with Crippen molar-refractivity contribution in [3.63, 3.8) is 0 Å². The Kier molecular flexibility index (Phi) is 3.41. The standard InChI is InChI=1S/C18H20N4O/c1-21-17-8-4-6-15(14(17)11-19-21)20-18(23)12-22-10-9-13-5-2-3-7-16(13)22/h2-3,5,7,9-11,15H,4,6,8,12H2,1H3,(H,20,23)/t15-/m0/s1. The highest BCUT2D eigenvalue weighted by atomic mass is 16.2. The first kappa shape index (κ1) is 14.1. The van der Waals surface area contributed by atoms with E-state index in [0.717, 1.165) is 30.2 Å². The van der Waals surface area contributed by atoms with Crippen LogP contribution in [0.3, 0.4) is 0 Å². The van der Waals surface area contributed by atoms with E-state index in [-0.39, 0.29) is 11.9 Å². The smallest absolute Gasteiger partial charge is 0.240 e. The maximum absolute atomic E-state index is 12.5. The molecular formula is C18H20N4O. The number of para-hydroxylation sites is 1. The van der Waals surface area contributed by atoms with Crippen LogP contribution in [0.2, 0.25) is 0 Å². The Morgan fingerprint density at radius 3 is 3.13 bits per heavy atom. The summed E-state index contributed by atoms with van der Waals surface area (Å²) in [5, 5.41) is 8.67. The molecule has 0 aliphatic heterocycles. The number of nitrogens with zero attached hydrogens (tertiary/aromatic N) is 3. The number of benzene rings is 1. The minimum atomic E-state index is 0.0491. The third-order valence-electron chi connectivity index (χ3n) is 4.71. The number of aryl methyl sites for hydroxylation is 1. The van der Waals surface area contributed by atoms with E-state index >= 15 is 0 Å². The average molecular weight is 308 g/mol. The molecule has 1 aliphatic carbocycles. The summed E-state index contributed by atoms with van der Waals surface area (Å²) in [6.45, 7) is 0.347. The van der Waals surface area contributed by atoms with Crippen LogP contribution in [0.5, 0.6) is 0 Å². The van der Waals surface area contributed by atoms with E-state index in [2.05, 4.69) is 16.5 Å². The molecule has 5 nitrogen and oxygen atoms in total. The molecule has 0 saturated heterocycles. The van der Waals surface area contributed by atoms with Gasteiger partial charge in [-0.05, 0) is 36.8 Å². The summed E-state index contributed by atoms with van der Waals surface area (Å²) in [7, 11) is 1.97. The molecule has 1 atom stereocenters. The van der Waals surface area contributed by atoms with E-state index in [1.165, 1.54) is 11.3 Å². The normalized spacial score (nSPS) is 17.2. The molecule has 0 fully saturated rings. The zero-order valence-electron chi connectivity index (χ0n) is 13.2. The van der Waals surface area contributed by atoms with Crippen LogP contribution in [0.1, 0.15) is 30.1 Å². The first-order valence-corrected chi connectivity index (χ1v) is 8.06. The Bertz CT molecular complexity index is 861. The van der Waals surface area contributed by atoms with Gasteiger partial charge in [-0.3, -0.25) is 9.48 Å². The molecule has 1 amide bonds. The first-order chi connectivity index (χ1) is 11.2. The minimum absolute atomic E-state index is 0.0491. The predicted molar refractivity (Wildman–Crippen MR) is 89.0 cm³/mol. The highest BCUT2D eigenvalue weighted by Gasteiger charge is 2.24. The van der Waals surface area contributed by atoms with Crippen molar-refractivity contribution in [3.05, 3.63) is 54.0 Å². The van der Waals surface area contributed by atoms with Crippen molar-refractivity contribution in [2.45, 2.75) is 31.8 Å². The van der Waals surface area contributed by atoms with Crippen LogP contribution < -0.4 is 5.32 Å². The molecule has 1 aliphatic rings. The number of amides is 1. The van der Waals surface area contributed by atoms with Crippen LogP contribution in [0.25, 0.3) is 10.9 Å². The molecule has 4 rings (SSSR count). The molecular weight excluding hydrogens is 288 g/mol.